The Morgan fingerprint density at radius 3 is 1.74 bits per heavy atom. The van der Waals surface area contributed by atoms with Crippen molar-refractivity contribution in [3.8, 4) is 0 Å². The van der Waals surface area contributed by atoms with Gasteiger partial charge in [0, 0.05) is 0 Å². The molecule has 0 saturated heterocycles. The quantitative estimate of drug-likeness (QED) is 0.242. The number of benzene rings is 2. The molecule has 0 radical (unpaired) electrons. The van der Waals surface area contributed by atoms with E-state index in [-0.39, 0.29) is 13.2 Å². The van der Waals surface area contributed by atoms with Crippen LogP contribution in [0.3, 0.4) is 0 Å². The highest BCUT2D eigenvalue weighted by Gasteiger charge is 2.08. The molecule has 186 valence electrons. The molecule has 0 fully saturated rings. The molecular weight excluding hydrogens is 432 g/mol. The van der Waals surface area contributed by atoms with Crippen LogP contribution in [-0.4, -0.2) is 76.3 Å². The van der Waals surface area contributed by atoms with E-state index in [0.29, 0.717) is 52.9 Å². The first kappa shape index (κ1) is 27.9. The van der Waals surface area contributed by atoms with Gasteiger partial charge in [-0.25, -0.2) is 0 Å². The van der Waals surface area contributed by atoms with Crippen molar-refractivity contribution in [2.75, 3.05) is 66.1 Å². The topological polar surface area (TPSA) is 77.4 Å². The summed E-state index contributed by atoms with van der Waals surface area (Å²) in [6, 6.07) is 20.8. The van der Waals surface area contributed by atoms with Gasteiger partial charge in [0.2, 0.25) is 0 Å². The minimum atomic E-state index is 0.0147. The zero-order chi connectivity index (χ0) is 24.1. The second-order valence-corrected chi connectivity index (χ2v) is 7.66. The first-order valence-electron chi connectivity index (χ1n) is 11.8. The fraction of sp³-hybridized carbons (Fsp3) is 0.429. The lowest BCUT2D eigenvalue weighted by Gasteiger charge is -2.15. The molecule has 0 aliphatic carbocycles. The predicted octanol–water partition coefficient (Wildman–Crippen LogP) is 3.38. The lowest BCUT2D eigenvalue weighted by atomic mass is 9.95. The molecular formula is C28H38O6. The highest BCUT2D eigenvalue weighted by Crippen LogP contribution is 2.19. The van der Waals surface area contributed by atoms with E-state index in [1.165, 1.54) is 22.3 Å². The van der Waals surface area contributed by atoms with Crippen LogP contribution in [0, 0.1) is 0 Å². The highest BCUT2D eigenvalue weighted by atomic mass is 16.5. The minimum absolute atomic E-state index is 0.0147. The number of hydrogen-bond acceptors (Lipinski definition) is 6. The lowest BCUT2D eigenvalue weighted by molar-refractivity contribution is 0.0391. The van der Waals surface area contributed by atoms with Crippen LogP contribution < -0.4 is 0 Å². The molecule has 6 nitrogen and oxygen atoms in total. The SMILES string of the molecule is OCCOCCOC/C=C/C(Cc1ccccc1)=C(/COCCOCCO)Cc1ccccc1. The Kier molecular flexibility index (Phi) is 15.6. The number of allylic oxidation sites excluding steroid dienone is 2. The van der Waals surface area contributed by atoms with Crippen molar-refractivity contribution >= 4 is 0 Å². The van der Waals surface area contributed by atoms with E-state index in [2.05, 4.69) is 54.6 Å². The second-order valence-electron chi connectivity index (χ2n) is 7.66. The number of aliphatic hydroxyl groups excluding tert-OH is 2. The fourth-order valence-electron chi connectivity index (χ4n) is 3.32. The number of aliphatic hydroxyl groups is 2. The summed E-state index contributed by atoms with van der Waals surface area (Å²) in [5, 5.41) is 17.6. The van der Waals surface area contributed by atoms with Gasteiger partial charge in [-0.3, -0.25) is 0 Å². The van der Waals surface area contributed by atoms with Crippen molar-refractivity contribution in [3.05, 3.63) is 95.1 Å². The van der Waals surface area contributed by atoms with Gasteiger partial charge in [-0.15, -0.1) is 0 Å². The third-order valence-electron chi connectivity index (χ3n) is 4.98. The Labute approximate surface area is 203 Å². The van der Waals surface area contributed by atoms with Crippen LogP contribution in [0.1, 0.15) is 11.1 Å². The molecule has 34 heavy (non-hydrogen) atoms. The number of hydrogen-bond donors (Lipinski definition) is 2. The molecule has 6 heteroatoms. The zero-order valence-corrected chi connectivity index (χ0v) is 19.9. The van der Waals surface area contributed by atoms with Gasteiger partial charge in [0.1, 0.15) is 0 Å². The number of rotatable bonds is 19. The van der Waals surface area contributed by atoms with Gasteiger partial charge in [0.05, 0.1) is 66.1 Å². The average Bonchev–Trinajstić information content (AvgIpc) is 2.87. The van der Waals surface area contributed by atoms with Gasteiger partial charge in [-0.1, -0.05) is 72.8 Å². The van der Waals surface area contributed by atoms with Crippen LogP contribution in [0.2, 0.25) is 0 Å². The molecule has 0 spiro atoms. The van der Waals surface area contributed by atoms with Crippen molar-refractivity contribution in [1.29, 1.82) is 0 Å². The third kappa shape index (κ3) is 12.8. The first-order valence-corrected chi connectivity index (χ1v) is 11.8. The van der Waals surface area contributed by atoms with E-state index < -0.39 is 0 Å². The van der Waals surface area contributed by atoms with E-state index in [1.807, 2.05) is 18.2 Å². The zero-order valence-electron chi connectivity index (χ0n) is 19.9. The monoisotopic (exact) mass is 470 g/mol. The van der Waals surface area contributed by atoms with Crippen LogP contribution in [0.25, 0.3) is 0 Å². The van der Waals surface area contributed by atoms with Crippen molar-refractivity contribution in [2.24, 2.45) is 0 Å². The number of ether oxygens (including phenoxy) is 4. The van der Waals surface area contributed by atoms with Crippen LogP contribution in [-0.2, 0) is 31.8 Å². The summed E-state index contributed by atoms with van der Waals surface area (Å²) in [5.74, 6) is 0. The molecule has 0 aromatic heterocycles. The largest absolute Gasteiger partial charge is 0.394 e. The van der Waals surface area contributed by atoms with Gasteiger partial charge in [-0.05, 0) is 35.1 Å². The Morgan fingerprint density at radius 2 is 1.15 bits per heavy atom. The second kappa shape index (κ2) is 19.0. The van der Waals surface area contributed by atoms with Crippen molar-refractivity contribution < 1.29 is 29.2 Å². The maximum atomic E-state index is 8.85. The fourth-order valence-corrected chi connectivity index (χ4v) is 3.32. The molecule has 2 N–H and O–H groups in total. The Balaban J connectivity index is 2.10. The Bertz CT molecular complexity index is 804. The van der Waals surface area contributed by atoms with Crippen LogP contribution in [0.5, 0.6) is 0 Å². The molecule has 0 atom stereocenters. The summed E-state index contributed by atoms with van der Waals surface area (Å²) in [6.07, 6.45) is 5.75. The van der Waals surface area contributed by atoms with E-state index >= 15 is 0 Å². The maximum absolute atomic E-state index is 8.85. The molecule has 0 aliphatic rings. The van der Waals surface area contributed by atoms with E-state index in [4.69, 9.17) is 29.2 Å². The summed E-state index contributed by atoms with van der Waals surface area (Å²) >= 11 is 0. The van der Waals surface area contributed by atoms with E-state index in [0.717, 1.165) is 12.8 Å². The predicted molar refractivity (Wildman–Crippen MR) is 134 cm³/mol. The maximum Gasteiger partial charge on any atom is 0.0704 e. The van der Waals surface area contributed by atoms with Gasteiger partial charge in [0.15, 0.2) is 0 Å². The standard InChI is InChI=1S/C28H38O6/c29-13-16-32-19-18-31-15-7-12-27(22-25-8-3-1-4-9-25)28(23-26-10-5-2-6-11-26)24-34-21-20-33-17-14-30/h1-12,29-30H,13-24H2/b12-7+,28-27-. The summed E-state index contributed by atoms with van der Waals surface area (Å²) in [5.41, 5.74) is 4.87. The van der Waals surface area contributed by atoms with Gasteiger partial charge < -0.3 is 29.2 Å². The van der Waals surface area contributed by atoms with Crippen molar-refractivity contribution in [3.63, 3.8) is 0 Å². The van der Waals surface area contributed by atoms with Gasteiger partial charge in [-0.2, -0.15) is 0 Å². The lowest BCUT2D eigenvalue weighted by Crippen LogP contribution is -2.11. The average molecular weight is 471 g/mol. The summed E-state index contributed by atoms with van der Waals surface area (Å²) < 4.78 is 22.1. The summed E-state index contributed by atoms with van der Waals surface area (Å²) in [6.45, 7) is 3.54. The minimum Gasteiger partial charge on any atom is -0.394 e. The van der Waals surface area contributed by atoms with Crippen LogP contribution in [0.4, 0.5) is 0 Å². The molecule has 2 rings (SSSR count). The molecule has 2 aromatic carbocycles. The molecule has 0 unspecified atom stereocenters. The first-order chi connectivity index (χ1) is 16.8. The van der Waals surface area contributed by atoms with Gasteiger partial charge >= 0.3 is 0 Å². The van der Waals surface area contributed by atoms with Crippen LogP contribution in [0.15, 0.2) is 84.0 Å². The molecule has 0 heterocycles. The molecule has 0 aliphatic heterocycles. The third-order valence-corrected chi connectivity index (χ3v) is 4.98. The van der Waals surface area contributed by atoms with E-state index in [9.17, 15) is 0 Å². The van der Waals surface area contributed by atoms with Gasteiger partial charge in [0.25, 0.3) is 0 Å². The normalized spacial score (nSPS) is 12.3. The van der Waals surface area contributed by atoms with E-state index in [1.54, 1.807) is 0 Å². The highest BCUT2D eigenvalue weighted by molar-refractivity contribution is 5.36. The van der Waals surface area contributed by atoms with Crippen LogP contribution >= 0.6 is 0 Å². The summed E-state index contributed by atoms with van der Waals surface area (Å²) in [7, 11) is 0. The summed E-state index contributed by atoms with van der Waals surface area (Å²) in [4.78, 5) is 0. The Hall–Kier alpha value is -2.32. The Morgan fingerprint density at radius 1 is 0.618 bits per heavy atom. The van der Waals surface area contributed by atoms with Crippen molar-refractivity contribution in [2.45, 2.75) is 12.8 Å². The smallest absolute Gasteiger partial charge is 0.0704 e. The molecule has 0 saturated carbocycles. The molecule has 2 aromatic rings. The molecule has 0 amide bonds. The molecule has 0 bridgehead atoms. The van der Waals surface area contributed by atoms with Crippen molar-refractivity contribution in [1.82, 2.24) is 0 Å².